The van der Waals surface area contributed by atoms with E-state index in [1.165, 1.54) is 14.2 Å². The van der Waals surface area contributed by atoms with Gasteiger partial charge in [-0.1, -0.05) is 12.1 Å². The molecule has 1 aliphatic rings. The summed E-state index contributed by atoms with van der Waals surface area (Å²) in [4.78, 5) is 26.0. The van der Waals surface area contributed by atoms with Gasteiger partial charge in [0.25, 0.3) is 5.91 Å². The number of methoxy groups -OCH3 is 2. The second-order valence-electron chi connectivity index (χ2n) is 6.44. The Morgan fingerprint density at radius 1 is 1.04 bits per heavy atom. The van der Waals surface area contributed by atoms with Crippen molar-refractivity contribution in [2.45, 2.75) is 19.8 Å². The maximum atomic E-state index is 12.4. The fraction of sp³-hybridized carbons (Fsp3) is 0.286. The van der Waals surface area contributed by atoms with Crippen molar-refractivity contribution in [1.82, 2.24) is 5.43 Å². The summed E-state index contributed by atoms with van der Waals surface area (Å²) in [5.41, 5.74) is 5.33. The van der Waals surface area contributed by atoms with E-state index < -0.39 is 0 Å². The van der Waals surface area contributed by atoms with Crippen LogP contribution in [0.3, 0.4) is 0 Å². The Labute approximate surface area is 163 Å². The largest absolute Gasteiger partial charge is 0.497 e. The number of hydrogen-bond acceptors (Lipinski definition) is 5. The first-order valence-electron chi connectivity index (χ1n) is 9.00. The van der Waals surface area contributed by atoms with Crippen molar-refractivity contribution in [2.24, 2.45) is 5.10 Å². The summed E-state index contributed by atoms with van der Waals surface area (Å²) in [6, 6.07) is 12.5. The summed E-state index contributed by atoms with van der Waals surface area (Å²) in [6.07, 6.45) is 1.49. The molecular weight excluding hydrogens is 358 g/mol. The minimum absolute atomic E-state index is 0.152. The van der Waals surface area contributed by atoms with Crippen LogP contribution in [0.4, 0.5) is 5.69 Å². The highest BCUT2D eigenvalue weighted by Crippen LogP contribution is 2.23. The summed E-state index contributed by atoms with van der Waals surface area (Å²) in [5.74, 6) is 0.837. The van der Waals surface area contributed by atoms with Gasteiger partial charge in [0.1, 0.15) is 11.5 Å². The lowest BCUT2D eigenvalue weighted by Crippen LogP contribution is -2.23. The number of rotatable bonds is 6. The molecule has 2 amide bonds. The predicted octanol–water partition coefficient (Wildman–Crippen LogP) is 2.98. The molecule has 1 fully saturated rings. The highest BCUT2D eigenvalue weighted by atomic mass is 16.5. The first-order valence-corrected chi connectivity index (χ1v) is 9.00. The number of carbonyl (C=O) groups excluding carboxylic acids is 2. The van der Waals surface area contributed by atoms with Crippen LogP contribution >= 0.6 is 0 Å². The summed E-state index contributed by atoms with van der Waals surface area (Å²) in [7, 11) is 3.05. The fourth-order valence-electron chi connectivity index (χ4n) is 3.01. The van der Waals surface area contributed by atoms with Gasteiger partial charge >= 0.3 is 0 Å². The molecule has 1 N–H and O–H groups in total. The van der Waals surface area contributed by atoms with Crippen LogP contribution in [-0.4, -0.2) is 38.3 Å². The molecule has 7 heteroatoms. The van der Waals surface area contributed by atoms with Crippen molar-refractivity contribution in [2.75, 3.05) is 25.7 Å². The molecule has 0 unspecified atom stereocenters. The van der Waals surface area contributed by atoms with Gasteiger partial charge in [0.15, 0.2) is 0 Å². The topological polar surface area (TPSA) is 80.2 Å². The van der Waals surface area contributed by atoms with Crippen LogP contribution in [0.1, 0.15) is 35.7 Å². The molecule has 1 aliphatic heterocycles. The van der Waals surface area contributed by atoms with E-state index in [-0.39, 0.29) is 11.8 Å². The minimum atomic E-state index is -0.365. The third kappa shape index (κ3) is 4.31. The fourth-order valence-corrected chi connectivity index (χ4v) is 3.01. The number of amides is 2. The lowest BCUT2D eigenvalue weighted by atomic mass is 10.1. The molecule has 1 saturated heterocycles. The molecule has 0 spiro atoms. The zero-order chi connectivity index (χ0) is 20.1. The predicted molar refractivity (Wildman–Crippen MR) is 107 cm³/mol. The van der Waals surface area contributed by atoms with Crippen LogP contribution in [0.2, 0.25) is 0 Å². The van der Waals surface area contributed by atoms with Gasteiger partial charge < -0.3 is 14.4 Å². The number of benzene rings is 2. The Balaban J connectivity index is 1.70. The highest BCUT2D eigenvalue weighted by molar-refractivity contribution is 6.02. The Kier molecular flexibility index (Phi) is 5.93. The van der Waals surface area contributed by atoms with Gasteiger partial charge in [-0.05, 0) is 43.2 Å². The van der Waals surface area contributed by atoms with Gasteiger partial charge in [-0.15, -0.1) is 0 Å². The van der Waals surface area contributed by atoms with Crippen LogP contribution in [0.5, 0.6) is 11.5 Å². The van der Waals surface area contributed by atoms with Crippen LogP contribution in [-0.2, 0) is 4.79 Å². The number of nitrogens with one attached hydrogen (secondary N) is 1. The SMILES string of the molecule is COc1cc(OC)cc(C(=O)N/N=C(/C)c2ccc(N3CCCC3=O)cc2)c1. The van der Waals surface area contributed by atoms with Gasteiger partial charge in [0, 0.05) is 30.3 Å². The van der Waals surface area contributed by atoms with E-state index in [4.69, 9.17) is 9.47 Å². The molecule has 2 aromatic rings. The van der Waals surface area contributed by atoms with E-state index in [0.29, 0.717) is 29.2 Å². The molecule has 0 radical (unpaired) electrons. The van der Waals surface area contributed by atoms with Gasteiger partial charge in [-0.3, -0.25) is 9.59 Å². The second-order valence-corrected chi connectivity index (χ2v) is 6.44. The van der Waals surface area contributed by atoms with Crippen molar-refractivity contribution in [3.8, 4) is 11.5 Å². The number of ether oxygens (including phenoxy) is 2. The van der Waals surface area contributed by atoms with Crippen molar-refractivity contribution in [3.05, 3.63) is 53.6 Å². The molecule has 1 heterocycles. The van der Waals surface area contributed by atoms with Crippen molar-refractivity contribution >= 4 is 23.2 Å². The molecule has 7 nitrogen and oxygen atoms in total. The number of nitrogens with zero attached hydrogens (tertiary/aromatic N) is 2. The minimum Gasteiger partial charge on any atom is -0.497 e. The van der Waals surface area contributed by atoms with Crippen LogP contribution in [0, 0.1) is 0 Å². The average Bonchev–Trinajstić information content (AvgIpc) is 3.17. The zero-order valence-corrected chi connectivity index (χ0v) is 16.2. The first kappa shape index (κ1) is 19.4. The molecule has 0 atom stereocenters. The maximum absolute atomic E-state index is 12.4. The van der Waals surface area contributed by atoms with Gasteiger partial charge in [-0.2, -0.15) is 5.10 Å². The Hall–Kier alpha value is -3.35. The molecule has 0 aliphatic carbocycles. The van der Waals surface area contributed by atoms with E-state index in [9.17, 15) is 9.59 Å². The third-order valence-corrected chi connectivity index (χ3v) is 4.61. The van der Waals surface area contributed by atoms with Gasteiger partial charge in [0.05, 0.1) is 19.9 Å². The van der Waals surface area contributed by atoms with Crippen molar-refractivity contribution in [1.29, 1.82) is 0 Å². The van der Waals surface area contributed by atoms with E-state index in [0.717, 1.165) is 24.2 Å². The Bertz CT molecular complexity index is 884. The van der Waals surface area contributed by atoms with Gasteiger partial charge in [0.2, 0.25) is 5.91 Å². The van der Waals surface area contributed by atoms with Crippen LogP contribution < -0.4 is 19.8 Å². The third-order valence-electron chi connectivity index (χ3n) is 4.61. The zero-order valence-electron chi connectivity index (χ0n) is 16.2. The van der Waals surface area contributed by atoms with Gasteiger partial charge in [-0.25, -0.2) is 5.43 Å². The van der Waals surface area contributed by atoms with Crippen LogP contribution in [0.25, 0.3) is 0 Å². The van der Waals surface area contributed by atoms with E-state index in [1.807, 2.05) is 31.2 Å². The molecule has 0 aromatic heterocycles. The smallest absolute Gasteiger partial charge is 0.271 e. The molecule has 0 bridgehead atoms. The normalized spacial score (nSPS) is 14.2. The first-order chi connectivity index (χ1) is 13.5. The number of hydrazone groups is 1. The maximum Gasteiger partial charge on any atom is 0.271 e. The van der Waals surface area contributed by atoms with E-state index in [1.54, 1.807) is 23.1 Å². The summed E-state index contributed by atoms with van der Waals surface area (Å²) in [6.45, 7) is 2.56. The Morgan fingerprint density at radius 3 is 2.21 bits per heavy atom. The summed E-state index contributed by atoms with van der Waals surface area (Å²) >= 11 is 0. The molecule has 0 saturated carbocycles. The molecule has 28 heavy (non-hydrogen) atoms. The molecule has 3 rings (SSSR count). The number of carbonyl (C=O) groups is 2. The lowest BCUT2D eigenvalue weighted by Gasteiger charge is -2.15. The summed E-state index contributed by atoms with van der Waals surface area (Å²) in [5, 5.41) is 4.18. The summed E-state index contributed by atoms with van der Waals surface area (Å²) < 4.78 is 10.4. The van der Waals surface area contributed by atoms with E-state index in [2.05, 4.69) is 10.5 Å². The molecule has 2 aromatic carbocycles. The Morgan fingerprint density at radius 2 is 1.68 bits per heavy atom. The quantitative estimate of drug-likeness (QED) is 0.616. The average molecular weight is 381 g/mol. The molecular formula is C21H23N3O4. The number of hydrogen-bond donors (Lipinski definition) is 1. The number of anilines is 1. The molecule has 146 valence electrons. The lowest BCUT2D eigenvalue weighted by molar-refractivity contribution is -0.117. The van der Waals surface area contributed by atoms with Crippen molar-refractivity contribution in [3.63, 3.8) is 0 Å². The second kappa shape index (κ2) is 8.56. The highest BCUT2D eigenvalue weighted by Gasteiger charge is 2.21. The standard InChI is InChI=1S/C21H23N3O4/c1-14(15-6-8-17(9-7-15)24-10-4-5-20(24)25)22-23-21(26)16-11-18(27-2)13-19(12-16)28-3/h6-9,11-13H,4-5,10H2,1-3H3,(H,23,26)/b22-14-. The van der Waals surface area contributed by atoms with Crippen molar-refractivity contribution < 1.29 is 19.1 Å². The van der Waals surface area contributed by atoms with Crippen LogP contribution in [0.15, 0.2) is 47.6 Å². The van der Waals surface area contributed by atoms with E-state index >= 15 is 0 Å². The monoisotopic (exact) mass is 381 g/mol.